The average Bonchev–Trinajstić information content (AvgIpc) is 3.29. The molecule has 0 aliphatic carbocycles. The molecule has 0 saturated carbocycles. The minimum absolute atomic E-state index is 0.0401. The zero-order valence-electron chi connectivity index (χ0n) is 23.7. The predicted molar refractivity (Wildman–Crippen MR) is 141 cm³/mol. The number of aliphatic hydroxyl groups excluding tert-OH is 1. The Morgan fingerprint density at radius 3 is 2.43 bits per heavy atom. The fourth-order valence-corrected chi connectivity index (χ4v) is 7.39. The number of carbonyl (C=O) groups excluding carboxylic acids is 3. The molecule has 3 heterocycles. The van der Waals surface area contributed by atoms with Crippen molar-refractivity contribution in [2.24, 2.45) is 23.2 Å². The molecule has 1 N–H and O–H groups in total. The van der Waals surface area contributed by atoms with Crippen molar-refractivity contribution < 1.29 is 29.0 Å². The van der Waals surface area contributed by atoms with Gasteiger partial charge in [-0.2, -0.15) is 0 Å². The highest BCUT2D eigenvalue weighted by Crippen LogP contribution is 2.65. The lowest BCUT2D eigenvalue weighted by atomic mass is 9.62. The van der Waals surface area contributed by atoms with Gasteiger partial charge in [0.25, 0.3) is 0 Å². The van der Waals surface area contributed by atoms with E-state index in [9.17, 15) is 19.5 Å². The Kier molecular flexibility index (Phi) is 8.08. The standard InChI is InChI=1S/C29H46N2O6/c1-10-13-31(27(7,8)18-26(4,5)6)24(34)22-29-17-19(3)28(9,37-29)21(25(35)36-16-11-2)20(29)23(33)30(22)14-12-15-32/h10-11,19-22,32H,1-2,12-18H2,3-9H3/t19?,20-,21+,22?,28-,29?/m0/s1. The third-order valence-corrected chi connectivity index (χ3v) is 8.47. The van der Waals surface area contributed by atoms with Crippen LogP contribution in [0.1, 0.15) is 67.7 Å². The molecule has 0 aromatic heterocycles. The van der Waals surface area contributed by atoms with Crippen molar-refractivity contribution in [3.05, 3.63) is 25.3 Å². The number of ether oxygens (including phenoxy) is 2. The van der Waals surface area contributed by atoms with E-state index < -0.39 is 40.6 Å². The molecular weight excluding hydrogens is 472 g/mol. The maximum atomic E-state index is 14.6. The van der Waals surface area contributed by atoms with Crippen LogP contribution in [0.2, 0.25) is 0 Å². The summed E-state index contributed by atoms with van der Waals surface area (Å²) in [5.41, 5.74) is -2.65. The summed E-state index contributed by atoms with van der Waals surface area (Å²) < 4.78 is 12.2. The summed E-state index contributed by atoms with van der Waals surface area (Å²) >= 11 is 0. The van der Waals surface area contributed by atoms with Crippen LogP contribution in [0.3, 0.4) is 0 Å². The van der Waals surface area contributed by atoms with E-state index in [-0.39, 0.29) is 42.9 Å². The number of hydrogen-bond acceptors (Lipinski definition) is 6. The molecule has 208 valence electrons. The van der Waals surface area contributed by atoms with Crippen LogP contribution in [-0.4, -0.2) is 81.8 Å². The second-order valence-electron chi connectivity index (χ2n) is 13.0. The summed E-state index contributed by atoms with van der Waals surface area (Å²) in [6.07, 6.45) is 4.74. The number of hydrogen-bond donors (Lipinski definition) is 1. The largest absolute Gasteiger partial charge is 0.461 e. The topological polar surface area (TPSA) is 96.4 Å². The summed E-state index contributed by atoms with van der Waals surface area (Å²) in [6.45, 7) is 22.3. The van der Waals surface area contributed by atoms with Gasteiger partial charge in [-0.1, -0.05) is 46.4 Å². The first-order chi connectivity index (χ1) is 17.1. The van der Waals surface area contributed by atoms with E-state index in [1.165, 1.54) is 6.08 Å². The highest BCUT2D eigenvalue weighted by molar-refractivity contribution is 5.98. The molecule has 3 saturated heterocycles. The van der Waals surface area contributed by atoms with E-state index in [0.29, 0.717) is 19.4 Å². The molecule has 8 heteroatoms. The summed E-state index contributed by atoms with van der Waals surface area (Å²) in [6, 6.07) is -0.905. The third kappa shape index (κ3) is 4.87. The van der Waals surface area contributed by atoms with Crippen LogP contribution >= 0.6 is 0 Å². The monoisotopic (exact) mass is 518 g/mol. The first-order valence-corrected chi connectivity index (χ1v) is 13.4. The predicted octanol–water partition coefficient (Wildman–Crippen LogP) is 3.34. The maximum Gasteiger partial charge on any atom is 0.313 e. The molecule has 3 fully saturated rings. The lowest BCUT2D eigenvalue weighted by molar-refractivity contribution is -0.162. The highest BCUT2D eigenvalue weighted by atomic mass is 16.6. The smallest absolute Gasteiger partial charge is 0.313 e. The van der Waals surface area contributed by atoms with Crippen LogP contribution in [0.25, 0.3) is 0 Å². The van der Waals surface area contributed by atoms with E-state index in [1.54, 1.807) is 15.9 Å². The Labute approximate surface area is 222 Å². The van der Waals surface area contributed by atoms with Gasteiger partial charge in [0.2, 0.25) is 11.8 Å². The van der Waals surface area contributed by atoms with Crippen molar-refractivity contribution in [3.63, 3.8) is 0 Å². The zero-order chi connectivity index (χ0) is 28.0. The molecule has 37 heavy (non-hydrogen) atoms. The van der Waals surface area contributed by atoms with Gasteiger partial charge in [0.05, 0.1) is 11.5 Å². The van der Waals surface area contributed by atoms with Gasteiger partial charge in [-0.3, -0.25) is 14.4 Å². The number of rotatable bonds is 11. The van der Waals surface area contributed by atoms with Gasteiger partial charge in [0.15, 0.2) is 0 Å². The summed E-state index contributed by atoms with van der Waals surface area (Å²) in [4.78, 5) is 45.3. The van der Waals surface area contributed by atoms with Crippen LogP contribution in [-0.2, 0) is 23.9 Å². The number of amides is 2. The summed E-state index contributed by atoms with van der Waals surface area (Å²) in [7, 11) is 0. The van der Waals surface area contributed by atoms with Gasteiger partial charge >= 0.3 is 5.97 Å². The van der Waals surface area contributed by atoms with Crippen molar-refractivity contribution in [2.45, 2.75) is 90.5 Å². The molecule has 3 unspecified atom stereocenters. The van der Waals surface area contributed by atoms with Crippen molar-refractivity contribution in [1.82, 2.24) is 9.80 Å². The SMILES string of the molecule is C=CCOC(=O)[C@H]1[C@H]2C(=O)N(CCCO)C(C(=O)N(CC=C)C(C)(C)CC(C)(C)C)C23CC(C)[C@]1(C)O3. The Hall–Kier alpha value is -2.19. The second-order valence-corrected chi connectivity index (χ2v) is 13.0. The minimum atomic E-state index is -1.15. The number of carbonyl (C=O) groups is 3. The van der Waals surface area contributed by atoms with E-state index >= 15 is 0 Å². The molecule has 3 aliphatic heterocycles. The van der Waals surface area contributed by atoms with Gasteiger partial charge in [-0.05, 0) is 51.4 Å². The van der Waals surface area contributed by atoms with E-state index in [1.807, 2.05) is 27.7 Å². The molecule has 8 nitrogen and oxygen atoms in total. The van der Waals surface area contributed by atoms with Crippen molar-refractivity contribution in [2.75, 3.05) is 26.3 Å². The Balaban J connectivity index is 2.12. The molecule has 6 atom stereocenters. The average molecular weight is 519 g/mol. The van der Waals surface area contributed by atoms with Gasteiger partial charge in [0, 0.05) is 25.2 Å². The Morgan fingerprint density at radius 2 is 1.89 bits per heavy atom. The summed E-state index contributed by atoms with van der Waals surface area (Å²) in [5.74, 6) is -2.71. The number of likely N-dealkylation sites (tertiary alicyclic amines) is 1. The molecule has 0 aromatic carbocycles. The van der Waals surface area contributed by atoms with Crippen LogP contribution in [0.5, 0.6) is 0 Å². The molecule has 3 aliphatic rings. The normalized spacial score (nSPS) is 32.9. The lowest BCUT2D eigenvalue weighted by Crippen LogP contribution is -2.61. The van der Waals surface area contributed by atoms with Crippen molar-refractivity contribution in [3.8, 4) is 0 Å². The first-order valence-electron chi connectivity index (χ1n) is 13.4. The molecule has 3 rings (SSSR count). The number of esters is 1. The van der Waals surface area contributed by atoms with Gasteiger partial charge < -0.3 is 24.4 Å². The van der Waals surface area contributed by atoms with Crippen molar-refractivity contribution >= 4 is 17.8 Å². The Bertz CT molecular complexity index is 939. The number of nitrogens with zero attached hydrogens (tertiary/aromatic N) is 2. The fourth-order valence-electron chi connectivity index (χ4n) is 7.39. The first kappa shape index (κ1) is 29.4. The van der Waals surface area contributed by atoms with E-state index in [2.05, 4.69) is 33.9 Å². The van der Waals surface area contributed by atoms with Crippen LogP contribution in [0.15, 0.2) is 25.3 Å². The van der Waals surface area contributed by atoms with Crippen LogP contribution in [0, 0.1) is 23.2 Å². The van der Waals surface area contributed by atoms with Gasteiger partial charge in [-0.15, -0.1) is 6.58 Å². The van der Waals surface area contributed by atoms with Gasteiger partial charge in [0.1, 0.15) is 24.2 Å². The summed E-state index contributed by atoms with van der Waals surface area (Å²) in [5, 5.41) is 9.58. The van der Waals surface area contributed by atoms with E-state index in [0.717, 1.165) is 6.42 Å². The Morgan fingerprint density at radius 1 is 1.24 bits per heavy atom. The van der Waals surface area contributed by atoms with E-state index in [4.69, 9.17) is 9.47 Å². The maximum absolute atomic E-state index is 14.6. The lowest BCUT2D eigenvalue weighted by Gasteiger charge is -2.45. The third-order valence-electron chi connectivity index (χ3n) is 8.47. The quantitative estimate of drug-likeness (QED) is 0.333. The van der Waals surface area contributed by atoms with Crippen LogP contribution in [0.4, 0.5) is 0 Å². The molecule has 0 radical (unpaired) electrons. The number of aliphatic hydroxyl groups is 1. The fraction of sp³-hybridized carbons (Fsp3) is 0.759. The minimum Gasteiger partial charge on any atom is -0.461 e. The second kappa shape index (κ2) is 10.2. The van der Waals surface area contributed by atoms with Crippen molar-refractivity contribution in [1.29, 1.82) is 0 Å². The molecule has 2 bridgehead atoms. The zero-order valence-corrected chi connectivity index (χ0v) is 23.7. The number of fused-ring (bicyclic) bond motifs is 1. The van der Waals surface area contributed by atoms with Gasteiger partial charge in [-0.25, -0.2) is 0 Å². The molecular formula is C29H46N2O6. The van der Waals surface area contributed by atoms with Crippen LogP contribution < -0.4 is 0 Å². The molecule has 1 spiro atoms. The molecule has 0 aromatic rings. The molecule has 2 amide bonds. The highest BCUT2D eigenvalue weighted by Gasteiger charge is 2.80.